The summed E-state index contributed by atoms with van der Waals surface area (Å²) in [4.78, 5) is 2.38. The molecule has 2 nitrogen and oxygen atoms in total. The lowest BCUT2D eigenvalue weighted by atomic mass is 9.82. The first-order valence-corrected chi connectivity index (χ1v) is 7.91. The van der Waals surface area contributed by atoms with E-state index in [0.29, 0.717) is 24.9 Å². The molecule has 1 aliphatic carbocycles. The van der Waals surface area contributed by atoms with Gasteiger partial charge in [-0.3, -0.25) is 4.90 Å². The SMILES string of the molecule is CCN(C(C)CCCC(F)(F)F)C1CCCCC1CN. The number of rotatable bonds is 7. The molecule has 20 heavy (non-hydrogen) atoms. The van der Waals surface area contributed by atoms with E-state index in [4.69, 9.17) is 5.73 Å². The first-order valence-electron chi connectivity index (χ1n) is 7.91. The molecule has 3 unspecified atom stereocenters. The maximum Gasteiger partial charge on any atom is 0.389 e. The van der Waals surface area contributed by atoms with Crippen molar-refractivity contribution >= 4 is 0 Å². The fraction of sp³-hybridized carbons (Fsp3) is 1.00. The largest absolute Gasteiger partial charge is 0.389 e. The van der Waals surface area contributed by atoms with E-state index >= 15 is 0 Å². The van der Waals surface area contributed by atoms with Gasteiger partial charge in [0.1, 0.15) is 0 Å². The smallest absolute Gasteiger partial charge is 0.330 e. The van der Waals surface area contributed by atoms with Gasteiger partial charge in [-0.05, 0) is 51.6 Å². The third-order valence-electron chi connectivity index (χ3n) is 4.61. The normalized spacial score (nSPS) is 25.9. The van der Waals surface area contributed by atoms with Gasteiger partial charge in [0, 0.05) is 18.5 Å². The molecule has 1 rings (SSSR count). The van der Waals surface area contributed by atoms with E-state index in [9.17, 15) is 13.2 Å². The Bertz CT molecular complexity index is 268. The Balaban J connectivity index is 2.50. The zero-order chi connectivity index (χ0) is 15.2. The van der Waals surface area contributed by atoms with Crippen LogP contribution >= 0.6 is 0 Å². The van der Waals surface area contributed by atoms with Crippen molar-refractivity contribution in [3.05, 3.63) is 0 Å². The topological polar surface area (TPSA) is 29.3 Å². The number of hydrogen-bond donors (Lipinski definition) is 1. The summed E-state index contributed by atoms with van der Waals surface area (Å²) in [5.74, 6) is 0.508. The average molecular weight is 294 g/mol. The van der Waals surface area contributed by atoms with Gasteiger partial charge in [-0.1, -0.05) is 19.8 Å². The molecule has 1 saturated carbocycles. The van der Waals surface area contributed by atoms with E-state index in [1.165, 1.54) is 12.8 Å². The van der Waals surface area contributed by atoms with Crippen molar-refractivity contribution in [2.45, 2.75) is 77.1 Å². The highest BCUT2D eigenvalue weighted by atomic mass is 19.4. The third-order valence-corrected chi connectivity index (χ3v) is 4.61. The number of nitrogens with zero attached hydrogens (tertiary/aromatic N) is 1. The highest BCUT2D eigenvalue weighted by Gasteiger charge is 2.32. The highest BCUT2D eigenvalue weighted by Crippen LogP contribution is 2.30. The molecular formula is C15H29F3N2. The predicted octanol–water partition coefficient (Wildman–Crippen LogP) is 3.95. The molecule has 0 bridgehead atoms. The van der Waals surface area contributed by atoms with Crippen LogP contribution in [0.1, 0.15) is 58.8 Å². The van der Waals surface area contributed by atoms with Gasteiger partial charge in [0.25, 0.3) is 0 Å². The lowest BCUT2D eigenvalue weighted by Gasteiger charge is -2.42. The molecule has 0 radical (unpaired) electrons. The molecule has 0 aromatic rings. The number of nitrogens with two attached hydrogens (primary N) is 1. The van der Waals surface area contributed by atoms with Crippen LogP contribution in [0, 0.1) is 5.92 Å². The fourth-order valence-electron chi connectivity index (χ4n) is 3.54. The van der Waals surface area contributed by atoms with Gasteiger partial charge >= 0.3 is 6.18 Å². The quantitative estimate of drug-likeness (QED) is 0.770. The number of halogens is 3. The van der Waals surface area contributed by atoms with E-state index in [0.717, 1.165) is 19.4 Å². The van der Waals surface area contributed by atoms with Crippen LogP contribution in [-0.4, -0.2) is 36.2 Å². The first-order chi connectivity index (χ1) is 9.39. The van der Waals surface area contributed by atoms with Crippen LogP contribution < -0.4 is 5.73 Å². The summed E-state index contributed by atoms with van der Waals surface area (Å²) >= 11 is 0. The molecule has 2 N–H and O–H groups in total. The van der Waals surface area contributed by atoms with Crippen molar-refractivity contribution in [1.29, 1.82) is 0 Å². The second kappa shape index (κ2) is 8.23. The minimum atomic E-state index is -4.03. The highest BCUT2D eigenvalue weighted by molar-refractivity contribution is 4.86. The second-order valence-electron chi connectivity index (χ2n) is 6.03. The maximum absolute atomic E-state index is 12.2. The zero-order valence-electron chi connectivity index (χ0n) is 12.8. The van der Waals surface area contributed by atoms with Crippen LogP contribution in [0.5, 0.6) is 0 Å². The van der Waals surface area contributed by atoms with E-state index in [1.807, 2.05) is 0 Å². The molecular weight excluding hydrogens is 265 g/mol. The molecule has 0 saturated heterocycles. The predicted molar refractivity (Wildman–Crippen MR) is 76.5 cm³/mol. The van der Waals surface area contributed by atoms with Gasteiger partial charge < -0.3 is 5.73 Å². The van der Waals surface area contributed by atoms with Crippen LogP contribution in [0.3, 0.4) is 0 Å². The molecule has 0 aliphatic heterocycles. The Morgan fingerprint density at radius 3 is 2.45 bits per heavy atom. The molecule has 0 heterocycles. The van der Waals surface area contributed by atoms with Crippen molar-refractivity contribution in [3.8, 4) is 0 Å². The Kier molecular flexibility index (Phi) is 7.30. The first kappa shape index (κ1) is 17.8. The minimum Gasteiger partial charge on any atom is -0.330 e. The molecule has 0 aromatic carbocycles. The molecule has 0 spiro atoms. The Morgan fingerprint density at radius 1 is 1.25 bits per heavy atom. The summed E-state index contributed by atoms with van der Waals surface area (Å²) in [7, 11) is 0. The van der Waals surface area contributed by atoms with Crippen LogP contribution in [0.25, 0.3) is 0 Å². The molecule has 0 aromatic heterocycles. The van der Waals surface area contributed by atoms with E-state index in [2.05, 4.69) is 18.7 Å². The van der Waals surface area contributed by atoms with Crippen LogP contribution in [0.15, 0.2) is 0 Å². The van der Waals surface area contributed by atoms with Gasteiger partial charge in [-0.15, -0.1) is 0 Å². The molecule has 0 amide bonds. The van der Waals surface area contributed by atoms with Crippen molar-refractivity contribution in [1.82, 2.24) is 4.90 Å². The molecule has 1 aliphatic rings. The maximum atomic E-state index is 12.2. The Labute approximate surface area is 120 Å². The van der Waals surface area contributed by atoms with Crippen molar-refractivity contribution < 1.29 is 13.2 Å². The summed E-state index contributed by atoms with van der Waals surface area (Å²) in [5.41, 5.74) is 5.87. The minimum absolute atomic E-state index is 0.208. The molecule has 1 fully saturated rings. The molecule has 3 atom stereocenters. The van der Waals surface area contributed by atoms with Gasteiger partial charge in [0.2, 0.25) is 0 Å². The number of hydrogen-bond acceptors (Lipinski definition) is 2. The van der Waals surface area contributed by atoms with E-state index < -0.39 is 12.6 Å². The monoisotopic (exact) mass is 294 g/mol. The van der Waals surface area contributed by atoms with Crippen LogP contribution in [0.4, 0.5) is 13.2 Å². The average Bonchev–Trinajstić information content (AvgIpc) is 2.38. The molecule has 5 heteroatoms. The van der Waals surface area contributed by atoms with Crippen LogP contribution in [0.2, 0.25) is 0 Å². The van der Waals surface area contributed by atoms with Gasteiger partial charge in [0.15, 0.2) is 0 Å². The van der Waals surface area contributed by atoms with E-state index in [1.54, 1.807) is 0 Å². The summed E-state index contributed by atoms with van der Waals surface area (Å²) in [6.45, 7) is 5.75. The number of alkyl halides is 3. The second-order valence-corrected chi connectivity index (χ2v) is 6.03. The summed E-state index contributed by atoms with van der Waals surface area (Å²) in [6.07, 6.45) is 0.890. The third kappa shape index (κ3) is 5.60. The van der Waals surface area contributed by atoms with Gasteiger partial charge in [0.05, 0.1) is 0 Å². The van der Waals surface area contributed by atoms with Crippen molar-refractivity contribution in [3.63, 3.8) is 0 Å². The molecule has 120 valence electrons. The lowest BCUT2D eigenvalue weighted by molar-refractivity contribution is -0.136. The van der Waals surface area contributed by atoms with Gasteiger partial charge in [-0.2, -0.15) is 13.2 Å². The van der Waals surface area contributed by atoms with Crippen molar-refractivity contribution in [2.75, 3.05) is 13.1 Å². The summed E-state index contributed by atoms with van der Waals surface area (Å²) in [6, 6.07) is 0.666. The van der Waals surface area contributed by atoms with Crippen molar-refractivity contribution in [2.24, 2.45) is 11.7 Å². The van der Waals surface area contributed by atoms with Gasteiger partial charge in [-0.25, -0.2) is 0 Å². The Morgan fingerprint density at radius 2 is 1.90 bits per heavy atom. The fourth-order valence-corrected chi connectivity index (χ4v) is 3.54. The zero-order valence-corrected chi connectivity index (χ0v) is 12.8. The summed E-state index contributed by atoms with van der Waals surface area (Å²) in [5, 5.41) is 0. The Hall–Kier alpha value is -0.290. The van der Waals surface area contributed by atoms with E-state index in [-0.39, 0.29) is 12.5 Å². The lowest BCUT2D eigenvalue weighted by Crippen LogP contribution is -2.49. The summed E-state index contributed by atoms with van der Waals surface area (Å²) < 4.78 is 36.7. The van der Waals surface area contributed by atoms with Crippen LogP contribution in [-0.2, 0) is 0 Å². The standard InChI is InChI=1S/C15H29F3N2/c1-3-20(12(2)7-6-10-15(16,17)18)14-9-5-4-8-13(14)11-19/h12-14H,3-11,19H2,1-2H3.